The van der Waals surface area contributed by atoms with Gasteiger partial charge in [-0.15, -0.1) is 0 Å². The molecule has 0 bridgehead atoms. The maximum absolute atomic E-state index is 4.43. The fourth-order valence-electron chi connectivity index (χ4n) is 2.40. The van der Waals surface area contributed by atoms with Crippen molar-refractivity contribution in [3.8, 4) is 0 Å². The predicted octanol–water partition coefficient (Wildman–Crippen LogP) is 3.08. The highest BCUT2D eigenvalue weighted by Crippen LogP contribution is 2.21. The van der Waals surface area contributed by atoms with Crippen molar-refractivity contribution in [2.24, 2.45) is 5.41 Å². The Morgan fingerprint density at radius 2 is 2.05 bits per heavy atom. The SMILES string of the molecule is CCC(C)(C)CNC1CCN(c2ccccn2)CC1. The number of hydrogen-bond donors (Lipinski definition) is 1. The van der Waals surface area contributed by atoms with Crippen molar-refractivity contribution in [1.29, 1.82) is 0 Å². The van der Waals surface area contributed by atoms with E-state index in [1.165, 1.54) is 19.3 Å². The van der Waals surface area contributed by atoms with E-state index in [2.05, 4.69) is 48.1 Å². The lowest BCUT2D eigenvalue weighted by molar-refractivity contribution is 0.291. The average molecular weight is 261 g/mol. The largest absolute Gasteiger partial charge is 0.357 e. The Hall–Kier alpha value is -1.09. The molecule has 0 aromatic carbocycles. The molecule has 1 saturated heterocycles. The Morgan fingerprint density at radius 1 is 1.32 bits per heavy atom. The van der Waals surface area contributed by atoms with Crippen molar-refractivity contribution in [1.82, 2.24) is 10.3 Å². The summed E-state index contributed by atoms with van der Waals surface area (Å²) in [7, 11) is 0. The maximum Gasteiger partial charge on any atom is 0.128 e. The summed E-state index contributed by atoms with van der Waals surface area (Å²) in [4.78, 5) is 6.82. The van der Waals surface area contributed by atoms with Gasteiger partial charge in [-0.25, -0.2) is 4.98 Å². The molecule has 1 fully saturated rings. The van der Waals surface area contributed by atoms with Crippen LogP contribution in [0.25, 0.3) is 0 Å². The first-order valence-corrected chi connectivity index (χ1v) is 7.50. The van der Waals surface area contributed by atoms with Gasteiger partial charge in [-0.1, -0.05) is 26.8 Å². The van der Waals surface area contributed by atoms with Gasteiger partial charge in [0.2, 0.25) is 0 Å². The van der Waals surface area contributed by atoms with Crippen LogP contribution in [-0.2, 0) is 0 Å². The molecule has 3 heteroatoms. The van der Waals surface area contributed by atoms with Crippen molar-refractivity contribution in [2.45, 2.75) is 46.1 Å². The molecular formula is C16H27N3. The normalized spacial score (nSPS) is 17.7. The van der Waals surface area contributed by atoms with Crippen molar-refractivity contribution in [2.75, 3.05) is 24.5 Å². The Balaban J connectivity index is 1.77. The second-order valence-electron chi connectivity index (χ2n) is 6.35. The van der Waals surface area contributed by atoms with Gasteiger partial charge in [0.15, 0.2) is 0 Å². The fourth-order valence-corrected chi connectivity index (χ4v) is 2.40. The van der Waals surface area contributed by atoms with Gasteiger partial charge < -0.3 is 10.2 Å². The van der Waals surface area contributed by atoms with Crippen LogP contribution in [0.5, 0.6) is 0 Å². The molecule has 2 rings (SSSR count). The quantitative estimate of drug-likeness (QED) is 0.883. The molecule has 1 N–H and O–H groups in total. The number of nitrogens with zero attached hydrogens (tertiary/aromatic N) is 2. The van der Waals surface area contributed by atoms with Gasteiger partial charge in [-0.2, -0.15) is 0 Å². The van der Waals surface area contributed by atoms with Gasteiger partial charge in [0.05, 0.1) is 0 Å². The zero-order chi connectivity index (χ0) is 13.7. The minimum Gasteiger partial charge on any atom is -0.357 e. The second-order valence-corrected chi connectivity index (χ2v) is 6.35. The fraction of sp³-hybridized carbons (Fsp3) is 0.688. The lowest BCUT2D eigenvalue weighted by Crippen LogP contribution is -2.45. The molecule has 3 nitrogen and oxygen atoms in total. The predicted molar refractivity (Wildman–Crippen MR) is 81.5 cm³/mol. The molecule has 0 spiro atoms. The molecule has 0 amide bonds. The number of hydrogen-bond acceptors (Lipinski definition) is 3. The van der Waals surface area contributed by atoms with Crippen LogP contribution in [0.1, 0.15) is 40.0 Å². The lowest BCUT2D eigenvalue weighted by Gasteiger charge is -2.35. The lowest BCUT2D eigenvalue weighted by atomic mass is 9.89. The van der Waals surface area contributed by atoms with Gasteiger partial charge in [-0.3, -0.25) is 0 Å². The van der Waals surface area contributed by atoms with Crippen LogP contribution in [0, 0.1) is 5.41 Å². The van der Waals surface area contributed by atoms with Gasteiger partial charge in [0.1, 0.15) is 5.82 Å². The van der Waals surface area contributed by atoms with Crippen molar-refractivity contribution in [3.63, 3.8) is 0 Å². The average Bonchev–Trinajstić information content (AvgIpc) is 2.47. The Labute approximate surface area is 117 Å². The van der Waals surface area contributed by atoms with Gasteiger partial charge in [0.25, 0.3) is 0 Å². The summed E-state index contributed by atoms with van der Waals surface area (Å²) in [6.07, 6.45) is 5.54. The Morgan fingerprint density at radius 3 is 2.63 bits per heavy atom. The highest BCUT2D eigenvalue weighted by atomic mass is 15.2. The monoisotopic (exact) mass is 261 g/mol. The second kappa shape index (κ2) is 6.38. The number of aromatic nitrogens is 1. The third-order valence-corrected chi connectivity index (χ3v) is 4.29. The van der Waals surface area contributed by atoms with Crippen LogP contribution in [-0.4, -0.2) is 30.7 Å². The Kier molecular flexibility index (Phi) is 4.81. The summed E-state index contributed by atoms with van der Waals surface area (Å²) >= 11 is 0. The number of pyridine rings is 1. The minimum atomic E-state index is 0.415. The molecule has 1 aliphatic heterocycles. The molecule has 1 aromatic heterocycles. The molecule has 1 aromatic rings. The smallest absolute Gasteiger partial charge is 0.128 e. The van der Waals surface area contributed by atoms with E-state index in [9.17, 15) is 0 Å². The summed E-state index contributed by atoms with van der Waals surface area (Å²) in [6.45, 7) is 10.3. The molecule has 0 atom stereocenters. The maximum atomic E-state index is 4.43. The summed E-state index contributed by atoms with van der Waals surface area (Å²) in [6, 6.07) is 6.82. The summed E-state index contributed by atoms with van der Waals surface area (Å²) in [5, 5.41) is 3.74. The molecule has 2 heterocycles. The number of piperidine rings is 1. The summed E-state index contributed by atoms with van der Waals surface area (Å²) < 4.78 is 0. The van der Waals surface area contributed by atoms with Crippen LogP contribution in [0.3, 0.4) is 0 Å². The topological polar surface area (TPSA) is 28.2 Å². The first-order valence-electron chi connectivity index (χ1n) is 7.50. The van der Waals surface area contributed by atoms with E-state index in [1.54, 1.807) is 0 Å². The van der Waals surface area contributed by atoms with E-state index >= 15 is 0 Å². The van der Waals surface area contributed by atoms with E-state index in [0.29, 0.717) is 11.5 Å². The highest BCUT2D eigenvalue weighted by molar-refractivity contribution is 5.38. The van der Waals surface area contributed by atoms with Crippen LogP contribution < -0.4 is 10.2 Å². The number of rotatable bonds is 5. The third-order valence-electron chi connectivity index (χ3n) is 4.29. The van der Waals surface area contributed by atoms with Crippen LogP contribution in [0.15, 0.2) is 24.4 Å². The molecule has 0 aliphatic carbocycles. The van der Waals surface area contributed by atoms with Crippen LogP contribution >= 0.6 is 0 Å². The third kappa shape index (κ3) is 4.20. The number of nitrogens with one attached hydrogen (secondary N) is 1. The molecular weight excluding hydrogens is 234 g/mol. The van der Waals surface area contributed by atoms with Gasteiger partial charge in [-0.05, 0) is 36.8 Å². The number of anilines is 1. The zero-order valence-electron chi connectivity index (χ0n) is 12.5. The van der Waals surface area contributed by atoms with E-state index in [1.807, 2.05) is 12.3 Å². The van der Waals surface area contributed by atoms with Crippen LogP contribution in [0.2, 0.25) is 0 Å². The zero-order valence-corrected chi connectivity index (χ0v) is 12.5. The minimum absolute atomic E-state index is 0.415. The summed E-state index contributed by atoms with van der Waals surface area (Å²) in [5.74, 6) is 1.12. The molecule has 1 aliphatic rings. The van der Waals surface area contributed by atoms with Crippen molar-refractivity contribution < 1.29 is 0 Å². The van der Waals surface area contributed by atoms with Gasteiger partial charge >= 0.3 is 0 Å². The van der Waals surface area contributed by atoms with E-state index in [-0.39, 0.29) is 0 Å². The van der Waals surface area contributed by atoms with Crippen molar-refractivity contribution in [3.05, 3.63) is 24.4 Å². The molecule has 19 heavy (non-hydrogen) atoms. The van der Waals surface area contributed by atoms with E-state index in [4.69, 9.17) is 0 Å². The van der Waals surface area contributed by atoms with E-state index in [0.717, 1.165) is 25.5 Å². The molecule has 0 radical (unpaired) electrons. The molecule has 106 valence electrons. The van der Waals surface area contributed by atoms with Crippen LogP contribution in [0.4, 0.5) is 5.82 Å². The first-order chi connectivity index (χ1) is 9.11. The van der Waals surface area contributed by atoms with Crippen molar-refractivity contribution >= 4 is 5.82 Å². The highest BCUT2D eigenvalue weighted by Gasteiger charge is 2.22. The first kappa shape index (κ1) is 14.3. The Bertz CT molecular complexity index is 367. The van der Waals surface area contributed by atoms with E-state index < -0.39 is 0 Å². The standard InChI is InChI=1S/C16H27N3/c1-4-16(2,3)13-18-14-8-11-19(12-9-14)15-7-5-6-10-17-15/h5-7,10,14,18H,4,8-9,11-13H2,1-3H3. The molecule has 0 unspecified atom stereocenters. The summed E-state index contributed by atoms with van der Waals surface area (Å²) in [5.41, 5.74) is 0.415. The van der Waals surface area contributed by atoms with Gasteiger partial charge in [0, 0.05) is 31.9 Å². The molecule has 0 saturated carbocycles.